The number of hydrogen-bond acceptors (Lipinski definition) is 4. The molecule has 0 fully saturated rings. The van der Waals surface area contributed by atoms with Crippen LogP contribution < -0.4 is 17.2 Å². The van der Waals surface area contributed by atoms with Crippen molar-refractivity contribution in [2.45, 2.75) is 0 Å². The van der Waals surface area contributed by atoms with E-state index in [0.717, 1.165) is 0 Å². The highest BCUT2D eigenvalue weighted by Gasteiger charge is 1.82. The molecule has 53 valence electrons. The van der Waals surface area contributed by atoms with Crippen molar-refractivity contribution in [2.75, 3.05) is 0 Å². The summed E-state index contributed by atoms with van der Waals surface area (Å²) in [6, 6.07) is 0. The Labute approximate surface area is 53.8 Å². The van der Waals surface area contributed by atoms with E-state index in [4.69, 9.17) is 19.2 Å². The molecular formula is H8N2O4PS. The van der Waals surface area contributed by atoms with Gasteiger partial charge in [-0.15, -0.1) is 0 Å². The van der Waals surface area contributed by atoms with E-state index < -0.39 is 7.82 Å². The Kier molecular flexibility index (Phi) is 21.9. The lowest BCUT2D eigenvalue weighted by atomic mass is 14.0. The molecule has 0 aliphatic carbocycles. The summed E-state index contributed by atoms with van der Waals surface area (Å²) in [6.07, 6.45) is 0. The molecule has 0 amide bonds. The van der Waals surface area contributed by atoms with Gasteiger partial charge in [0.1, 0.15) is 0 Å². The Balaban J connectivity index is -0.0000000267. The molecule has 0 unspecified atom stereocenters. The lowest BCUT2D eigenvalue weighted by molar-refractivity contribution is -0.214. The quantitative estimate of drug-likeness (QED) is 0.259. The SMILES string of the molecule is N.N.O=P([O-])(O)O.[S+]. The highest BCUT2D eigenvalue weighted by Crippen LogP contribution is 2.18. The van der Waals surface area contributed by atoms with Crippen LogP contribution >= 0.6 is 7.82 Å². The number of rotatable bonds is 0. The molecule has 3 radical (unpaired) electrons. The molecule has 8 heavy (non-hydrogen) atoms. The maximum Gasteiger partial charge on any atom is 1.00 e. The summed E-state index contributed by atoms with van der Waals surface area (Å²) in [5.41, 5.74) is 0. The van der Waals surface area contributed by atoms with Gasteiger partial charge < -0.3 is 27.0 Å². The first-order chi connectivity index (χ1) is 2.00. The van der Waals surface area contributed by atoms with E-state index in [0.29, 0.717) is 0 Å². The van der Waals surface area contributed by atoms with Crippen LogP contribution in [0.4, 0.5) is 0 Å². The fraction of sp³-hybridized carbons (Fsp3) is 0. The van der Waals surface area contributed by atoms with E-state index in [-0.39, 0.29) is 25.8 Å². The Morgan fingerprint density at radius 3 is 1.25 bits per heavy atom. The third kappa shape index (κ3) is 1280. The minimum absolute atomic E-state index is 0. The monoisotopic (exact) mass is 163 g/mol. The molecule has 0 saturated heterocycles. The summed E-state index contributed by atoms with van der Waals surface area (Å²) in [5, 5.41) is 0. The van der Waals surface area contributed by atoms with Crippen molar-refractivity contribution < 1.29 is 19.2 Å². The minimum atomic E-state index is -4.89. The lowest BCUT2D eigenvalue weighted by Crippen LogP contribution is -1.94. The molecule has 0 heterocycles. The van der Waals surface area contributed by atoms with Crippen LogP contribution in [0.3, 0.4) is 0 Å². The second kappa shape index (κ2) is 7.38. The maximum absolute atomic E-state index is 8.77. The Bertz CT molecular complexity index is 60.2. The normalized spacial score (nSPS) is 7.38. The molecule has 0 spiro atoms. The van der Waals surface area contributed by atoms with Gasteiger partial charge in [-0.2, -0.15) is 0 Å². The molecule has 0 bridgehead atoms. The van der Waals surface area contributed by atoms with Crippen molar-refractivity contribution >= 4 is 21.3 Å². The molecule has 8 N–H and O–H groups in total. The van der Waals surface area contributed by atoms with E-state index >= 15 is 0 Å². The van der Waals surface area contributed by atoms with E-state index in [1.807, 2.05) is 0 Å². The summed E-state index contributed by atoms with van der Waals surface area (Å²) in [5.74, 6) is 0. The highest BCUT2D eigenvalue weighted by molar-refractivity contribution is 7.43. The van der Waals surface area contributed by atoms with Gasteiger partial charge in [-0.25, -0.2) is 0 Å². The second-order valence-electron chi connectivity index (χ2n) is 0.491. The van der Waals surface area contributed by atoms with Crippen LogP contribution in [-0.2, 0) is 18.1 Å². The van der Waals surface area contributed by atoms with Crippen molar-refractivity contribution in [1.82, 2.24) is 12.3 Å². The topological polar surface area (TPSA) is 151 Å². The van der Waals surface area contributed by atoms with Gasteiger partial charge >= 0.3 is 13.5 Å². The average molecular weight is 163 g/mol. The van der Waals surface area contributed by atoms with Crippen LogP contribution in [0.5, 0.6) is 0 Å². The van der Waals surface area contributed by atoms with Crippen molar-refractivity contribution in [3.8, 4) is 0 Å². The Hall–Kier alpha value is 0.380. The fourth-order valence-corrected chi connectivity index (χ4v) is 0. The average Bonchev–Trinajstić information content (AvgIpc) is 0.722. The largest absolute Gasteiger partial charge is 1.00 e. The zero-order chi connectivity index (χ0) is 4.50. The first-order valence-electron chi connectivity index (χ1n) is 0.765. The van der Waals surface area contributed by atoms with Gasteiger partial charge in [-0.3, -0.25) is 4.57 Å². The first-order valence-corrected chi connectivity index (χ1v) is 2.30. The third-order valence-corrected chi connectivity index (χ3v) is 0. The molecule has 0 atom stereocenters. The van der Waals surface area contributed by atoms with Crippen molar-refractivity contribution in [3.63, 3.8) is 0 Å². The number of hydrogen-bond donors (Lipinski definition) is 4. The minimum Gasteiger partial charge on any atom is -0.756 e. The summed E-state index contributed by atoms with van der Waals surface area (Å²) < 4.78 is 8.77. The van der Waals surface area contributed by atoms with Crippen LogP contribution in [0.2, 0.25) is 0 Å². The van der Waals surface area contributed by atoms with Crippen LogP contribution in [0.25, 0.3) is 0 Å². The molecule has 0 aromatic heterocycles. The summed E-state index contributed by atoms with van der Waals surface area (Å²) in [7, 11) is -4.89. The van der Waals surface area contributed by atoms with Crippen molar-refractivity contribution in [1.29, 1.82) is 0 Å². The highest BCUT2D eigenvalue weighted by atomic mass is 32.1. The van der Waals surface area contributed by atoms with E-state index in [1.165, 1.54) is 0 Å². The number of phosphoric acid groups is 1. The molecular weight excluding hydrogens is 155 g/mol. The predicted molar refractivity (Wildman–Crippen MR) is 29.5 cm³/mol. The van der Waals surface area contributed by atoms with E-state index in [9.17, 15) is 0 Å². The zero-order valence-corrected chi connectivity index (χ0v) is 5.69. The van der Waals surface area contributed by atoms with Gasteiger partial charge in [0, 0.05) is 0 Å². The molecule has 0 aromatic rings. The summed E-state index contributed by atoms with van der Waals surface area (Å²) in [6.45, 7) is 0. The Morgan fingerprint density at radius 2 is 1.25 bits per heavy atom. The standard InChI is InChI=1S/2H3N.H3O4P.S/c;;1-5(2,3)4;/h2*1H3;(H3,1,2,3,4);/q;;;+1/p-1. The van der Waals surface area contributed by atoms with Gasteiger partial charge in [0.15, 0.2) is 0 Å². The third-order valence-electron chi connectivity index (χ3n) is 0. The molecule has 0 aliphatic rings. The van der Waals surface area contributed by atoms with Crippen molar-refractivity contribution in [3.05, 3.63) is 0 Å². The van der Waals surface area contributed by atoms with Crippen LogP contribution in [0.1, 0.15) is 0 Å². The lowest BCUT2D eigenvalue weighted by Gasteiger charge is -2.01. The zero-order valence-electron chi connectivity index (χ0n) is 3.98. The molecule has 0 rings (SSSR count). The first kappa shape index (κ1) is 23.8. The van der Waals surface area contributed by atoms with Gasteiger partial charge in [-0.1, -0.05) is 0 Å². The molecule has 0 aliphatic heterocycles. The molecule has 8 heteroatoms. The van der Waals surface area contributed by atoms with Gasteiger partial charge in [0.05, 0.1) is 0 Å². The van der Waals surface area contributed by atoms with Gasteiger partial charge in [-0.05, 0) is 0 Å². The molecule has 0 aromatic carbocycles. The molecule has 6 nitrogen and oxygen atoms in total. The van der Waals surface area contributed by atoms with E-state index in [2.05, 4.69) is 0 Å². The smallest absolute Gasteiger partial charge is 0.756 e. The summed E-state index contributed by atoms with van der Waals surface area (Å²) in [4.78, 5) is 22.9. The second-order valence-corrected chi connectivity index (χ2v) is 1.47. The maximum atomic E-state index is 8.77. The van der Waals surface area contributed by atoms with Gasteiger partial charge in [0.25, 0.3) is 7.82 Å². The summed E-state index contributed by atoms with van der Waals surface area (Å²) >= 11 is 0. The van der Waals surface area contributed by atoms with Gasteiger partial charge in [0.2, 0.25) is 0 Å². The van der Waals surface area contributed by atoms with Crippen LogP contribution in [-0.4, -0.2) is 9.79 Å². The van der Waals surface area contributed by atoms with E-state index in [1.54, 1.807) is 0 Å². The van der Waals surface area contributed by atoms with Crippen molar-refractivity contribution in [2.24, 2.45) is 0 Å². The van der Waals surface area contributed by atoms with Crippen LogP contribution in [0.15, 0.2) is 0 Å². The molecule has 0 saturated carbocycles. The predicted octanol–water partition coefficient (Wildman–Crippen LogP) is -1.24. The fourth-order valence-electron chi connectivity index (χ4n) is 0. The van der Waals surface area contributed by atoms with Crippen LogP contribution in [0, 0.1) is 0 Å². The Morgan fingerprint density at radius 1 is 1.25 bits per heavy atom.